The highest BCUT2D eigenvalue weighted by Crippen LogP contribution is 2.27. The number of benzene rings is 1. The van der Waals surface area contributed by atoms with E-state index in [2.05, 4.69) is 0 Å². The van der Waals surface area contributed by atoms with Gasteiger partial charge in [-0.05, 0) is 12.1 Å². The van der Waals surface area contributed by atoms with Gasteiger partial charge in [0.15, 0.2) is 5.75 Å². The summed E-state index contributed by atoms with van der Waals surface area (Å²) in [6, 6.07) is 4.58. The molecule has 0 aliphatic rings. The molecule has 3 nitrogen and oxygen atoms in total. The highest BCUT2D eigenvalue weighted by atomic mass is 35.5. The van der Waals surface area contributed by atoms with Crippen molar-refractivity contribution in [3.63, 3.8) is 0 Å². The van der Waals surface area contributed by atoms with Gasteiger partial charge in [-0.25, -0.2) is 0 Å². The van der Waals surface area contributed by atoms with Gasteiger partial charge in [-0.2, -0.15) is 0 Å². The van der Waals surface area contributed by atoms with Crippen LogP contribution >= 0.6 is 11.6 Å². The first kappa shape index (κ1) is 9.74. The lowest BCUT2D eigenvalue weighted by molar-refractivity contribution is -0.131. The molecule has 0 aliphatic heterocycles. The summed E-state index contributed by atoms with van der Waals surface area (Å²) in [7, 11) is 0. The van der Waals surface area contributed by atoms with Crippen molar-refractivity contribution in [2.75, 3.05) is 0 Å². The van der Waals surface area contributed by atoms with Gasteiger partial charge in [0, 0.05) is 6.92 Å². The summed E-state index contributed by atoms with van der Waals surface area (Å²) in [5.74, 6) is -0.462. The van der Waals surface area contributed by atoms with E-state index in [1.807, 2.05) is 0 Å². The molecule has 1 aromatic carbocycles. The fraction of sp³-hybridized carbons (Fsp3) is 0.111. The van der Waals surface area contributed by atoms with E-state index in [-0.39, 0.29) is 16.3 Å². The Morgan fingerprint density at radius 2 is 2.23 bits per heavy atom. The average Bonchev–Trinajstić information content (AvgIpc) is 2.08. The molecule has 0 unspecified atom stereocenters. The molecule has 0 atom stereocenters. The Morgan fingerprint density at radius 1 is 1.54 bits per heavy atom. The number of hydrogen-bond acceptors (Lipinski definition) is 3. The zero-order valence-electron chi connectivity index (χ0n) is 6.83. The number of para-hydroxylation sites is 1. The number of esters is 1. The Balaban J connectivity index is 3.14. The Labute approximate surface area is 80.3 Å². The van der Waals surface area contributed by atoms with Crippen molar-refractivity contribution >= 4 is 23.9 Å². The lowest BCUT2D eigenvalue weighted by Gasteiger charge is -2.04. The summed E-state index contributed by atoms with van der Waals surface area (Å²) in [5.41, 5.74) is 0.141. The molecule has 0 saturated carbocycles. The number of halogens is 1. The molecule has 0 amide bonds. The first-order chi connectivity index (χ1) is 6.15. The van der Waals surface area contributed by atoms with Crippen LogP contribution in [0.4, 0.5) is 0 Å². The minimum Gasteiger partial charge on any atom is -0.424 e. The summed E-state index contributed by atoms with van der Waals surface area (Å²) in [5, 5.41) is 0.219. The molecule has 0 heterocycles. The molecule has 0 aliphatic carbocycles. The Kier molecular flexibility index (Phi) is 3.03. The second kappa shape index (κ2) is 4.05. The molecule has 0 bridgehead atoms. The molecule has 1 radical (unpaired) electrons. The molecule has 0 fully saturated rings. The van der Waals surface area contributed by atoms with Gasteiger partial charge < -0.3 is 4.74 Å². The van der Waals surface area contributed by atoms with E-state index >= 15 is 0 Å². The van der Waals surface area contributed by atoms with Crippen LogP contribution in [-0.4, -0.2) is 12.3 Å². The molecule has 4 heteroatoms. The molecular formula is C9H6ClO3. The Morgan fingerprint density at radius 3 is 2.77 bits per heavy atom. The molecule has 1 rings (SSSR count). The molecule has 1 aromatic rings. The lowest BCUT2D eigenvalue weighted by atomic mass is 10.2. The Bertz CT molecular complexity index is 347. The second-order valence-corrected chi connectivity index (χ2v) is 2.72. The fourth-order valence-corrected chi connectivity index (χ4v) is 1.05. The van der Waals surface area contributed by atoms with Crippen molar-refractivity contribution in [2.24, 2.45) is 0 Å². The molecule has 67 valence electrons. The van der Waals surface area contributed by atoms with E-state index in [4.69, 9.17) is 16.3 Å². The van der Waals surface area contributed by atoms with Crippen LogP contribution in [0.25, 0.3) is 0 Å². The zero-order chi connectivity index (χ0) is 9.84. The molecule has 0 saturated heterocycles. The van der Waals surface area contributed by atoms with Crippen LogP contribution in [0.15, 0.2) is 18.2 Å². The highest BCUT2D eigenvalue weighted by Gasteiger charge is 2.09. The number of rotatable bonds is 2. The zero-order valence-corrected chi connectivity index (χ0v) is 7.59. The molecule has 0 aromatic heterocycles. The quantitative estimate of drug-likeness (QED) is 0.536. The predicted octanol–water partition coefficient (Wildman–Crippen LogP) is 1.72. The maximum atomic E-state index is 10.6. The van der Waals surface area contributed by atoms with E-state index in [9.17, 15) is 9.59 Å². The number of ether oxygens (including phenoxy) is 1. The van der Waals surface area contributed by atoms with E-state index < -0.39 is 5.97 Å². The number of hydrogen-bond donors (Lipinski definition) is 0. The topological polar surface area (TPSA) is 43.4 Å². The third-order valence-corrected chi connectivity index (χ3v) is 1.62. The van der Waals surface area contributed by atoms with E-state index in [1.165, 1.54) is 19.1 Å². The molecule has 0 spiro atoms. The Hall–Kier alpha value is -1.35. The predicted molar refractivity (Wildman–Crippen MR) is 47.6 cm³/mol. The summed E-state index contributed by atoms with van der Waals surface area (Å²) in [4.78, 5) is 21.0. The number of carbonyl (C=O) groups excluding carboxylic acids is 2. The monoisotopic (exact) mass is 197 g/mol. The second-order valence-electron chi connectivity index (χ2n) is 2.31. The van der Waals surface area contributed by atoms with Gasteiger partial charge in [-0.1, -0.05) is 17.7 Å². The van der Waals surface area contributed by atoms with Crippen LogP contribution in [0.1, 0.15) is 12.5 Å². The first-order valence-electron chi connectivity index (χ1n) is 3.50. The SMILES string of the molecule is CC(=O)Oc1c(Cl)cccc1[C]=O. The third-order valence-electron chi connectivity index (χ3n) is 1.32. The van der Waals surface area contributed by atoms with Gasteiger partial charge in [-0.15, -0.1) is 0 Å². The maximum Gasteiger partial charge on any atom is 0.308 e. The van der Waals surface area contributed by atoms with E-state index in [1.54, 1.807) is 12.4 Å². The maximum absolute atomic E-state index is 10.6. The summed E-state index contributed by atoms with van der Waals surface area (Å²) in [6.45, 7) is 1.23. The van der Waals surface area contributed by atoms with Crippen LogP contribution < -0.4 is 4.74 Å². The largest absolute Gasteiger partial charge is 0.424 e. The minimum absolute atomic E-state index is 0.0617. The van der Waals surface area contributed by atoms with Crippen molar-refractivity contribution in [3.05, 3.63) is 28.8 Å². The van der Waals surface area contributed by atoms with Crippen LogP contribution in [0.5, 0.6) is 5.75 Å². The first-order valence-corrected chi connectivity index (χ1v) is 3.88. The van der Waals surface area contributed by atoms with Crippen molar-refractivity contribution in [2.45, 2.75) is 6.92 Å². The van der Waals surface area contributed by atoms with Crippen LogP contribution in [0.3, 0.4) is 0 Å². The van der Waals surface area contributed by atoms with E-state index in [0.717, 1.165) is 0 Å². The standard InChI is InChI=1S/C9H6ClO3/c1-6(12)13-9-7(5-11)3-2-4-8(9)10/h2-4H,1H3. The van der Waals surface area contributed by atoms with Crippen molar-refractivity contribution in [1.29, 1.82) is 0 Å². The normalized spacial score (nSPS) is 9.38. The third kappa shape index (κ3) is 2.29. The minimum atomic E-state index is -0.524. The van der Waals surface area contributed by atoms with Gasteiger partial charge in [0.1, 0.15) is 0 Å². The highest BCUT2D eigenvalue weighted by molar-refractivity contribution is 6.32. The fourth-order valence-electron chi connectivity index (χ4n) is 0.837. The van der Waals surface area contributed by atoms with Crippen LogP contribution in [-0.2, 0) is 9.59 Å². The summed E-state index contributed by atoms with van der Waals surface area (Å²) >= 11 is 5.70. The van der Waals surface area contributed by atoms with Crippen LogP contribution in [0, 0.1) is 0 Å². The molecular weight excluding hydrogens is 192 g/mol. The number of carbonyl (C=O) groups is 1. The summed E-state index contributed by atoms with van der Waals surface area (Å²) < 4.78 is 4.73. The van der Waals surface area contributed by atoms with Gasteiger partial charge >= 0.3 is 5.97 Å². The van der Waals surface area contributed by atoms with Gasteiger partial charge in [0.25, 0.3) is 0 Å². The van der Waals surface area contributed by atoms with Crippen LogP contribution in [0.2, 0.25) is 5.02 Å². The molecule has 0 N–H and O–H groups in total. The molecule has 13 heavy (non-hydrogen) atoms. The van der Waals surface area contributed by atoms with E-state index in [0.29, 0.717) is 0 Å². The van der Waals surface area contributed by atoms with Crippen molar-refractivity contribution in [1.82, 2.24) is 0 Å². The van der Waals surface area contributed by atoms with Gasteiger partial charge in [0.05, 0.1) is 10.6 Å². The summed E-state index contributed by atoms with van der Waals surface area (Å²) in [6.07, 6.45) is 1.63. The lowest BCUT2D eigenvalue weighted by Crippen LogP contribution is -2.04. The van der Waals surface area contributed by atoms with Crippen molar-refractivity contribution in [3.8, 4) is 5.75 Å². The smallest absolute Gasteiger partial charge is 0.308 e. The average molecular weight is 198 g/mol. The van der Waals surface area contributed by atoms with Crippen molar-refractivity contribution < 1.29 is 14.3 Å². The van der Waals surface area contributed by atoms with Gasteiger partial charge in [0.2, 0.25) is 6.29 Å². The van der Waals surface area contributed by atoms with Gasteiger partial charge in [-0.3, -0.25) is 9.59 Å².